The number of para-hydroxylation sites is 1. The number of aromatic nitrogens is 3. The quantitative estimate of drug-likeness (QED) is 0.899. The van der Waals surface area contributed by atoms with Crippen molar-refractivity contribution in [2.24, 2.45) is 5.41 Å². The predicted molar refractivity (Wildman–Crippen MR) is 86.6 cm³/mol. The lowest BCUT2D eigenvalue weighted by atomic mass is 9.90. The van der Waals surface area contributed by atoms with Crippen LogP contribution in [0.2, 0.25) is 0 Å². The van der Waals surface area contributed by atoms with Gasteiger partial charge < -0.3 is 10.0 Å². The minimum Gasteiger partial charge on any atom is -0.481 e. The molecule has 0 aliphatic carbocycles. The van der Waals surface area contributed by atoms with E-state index in [1.807, 2.05) is 34.9 Å². The largest absolute Gasteiger partial charge is 0.481 e. The Kier molecular flexibility index (Phi) is 4.33. The summed E-state index contributed by atoms with van der Waals surface area (Å²) in [6.07, 6.45) is 2.88. The number of rotatable bonds is 5. The van der Waals surface area contributed by atoms with Gasteiger partial charge in [0.15, 0.2) is 0 Å². The van der Waals surface area contributed by atoms with E-state index in [0.29, 0.717) is 25.8 Å². The summed E-state index contributed by atoms with van der Waals surface area (Å²) in [7, 11) is 0. The van der Waals surface area contributed by atoms with E-state index >= 15 is 0 Å². The first kappa shape index (κ1) is 16.2. The number of nitrogens with zero attached hydrogens (tertiary/aromatic N) is 4. The molecule has 3 rings (SSSR count). The topological polar surface area (TPSA) is 88.3 Å². The Morgan fingerprint density at radius 1 is 1.29 bits per heavy atom. The monoisotopic (exact) mass is 328 g/mol. The summed E-state index contributed by atoms with van der Waals surface area (Å²) in [5.74, 6) is -0.168. The third kappa shape index (κ3) is 3.15. The molecule has 7 nitrogen and oxygen atoms in total. The fraction of sp³-hybridized carbons (Fsp3) is 0.412. The van der Waals surface area contributed by atoms with Crippen LogP contribution in [0, 0.1) is 5.41 Å². The summed E-state index contributed by atoms with van der Waals surface area (Å²) in [4.78, 5) is 25.3. The van der Waals surface area contributed by atoms with Crippen molar-refractivity contribution in [3.63, 3.8) is 0 Å². The Balaban J connectivity index is 1.62. The van der Waals surface area contributed by atoms with Gasteiger partial charge in [-0.15, -0.1) is 10.2 Å². The molecule has 0 radical (unpaired) electrons. The molecule has 1 N–H and O–H groups in total. The van der Waals surface area contributed by atoms with Crippen LogP contribution in [0.1, 0.15) is 25.6 Å². The number of aryl methyl sites for hydroxylation is 1. The standard InChI is InChI=1S/C17H20N4O3/c1-17(16(23)24)9-10-20(11-17)15(22)8-7-14-19-18-12-21(14)13-5-3-2-4-6-13/h2-6,12H,7-11H2,1H3,(H,23,24)/t17-/m1/s1. The minimum absolute atomic E-state index is 0.0393. The number of amides is 1. The van der Waals surface area contributed by atoms with Crippen LogP contribution in [0.25, 0.3) is 5.69 Å². The summed E-state index contributed by atoms with van der Waals surface area (Å²) in [6, 6.07) is 9.70. The Hall–Kier alpha value is -2.70. The highest BCUT2D eigenvalue weighted by Crippen LogP contribution is 2.30. The second-order valence-corrected chi connectivity index (χ2v) is 6.38. The third-order valence-electron chi connectivity index (χ3n) is 4.56. The minimum atomic E-state index is -0.846. The number of carbonyl (C=O) groups is 2. The molecule has 2 aromatic rings. The number of carboxylic acids is 1. The summed E-state index contributed by atoms with van der Waals surface area (Å²) >= 11 is 0. The molecule has 1 aliphatic rings. The van der Waals surface area contributed by atoms with E-state index in [4.69, 9.17) is 0 Å². The van der Waals surface area contributed by atoms with Gasteiger partial charge in [0.05, 0.1) is 5.41 Å². The average molecular weight is 328 g/mol. The molecule has 1 saturated heterocycles. The summed E-state index contributed by atoms with van der Waals surface area (Å²) in [5.41, 5.74) is 0.115. The highest BCUT2D eigenvalue weighted by atomic mass is 16.4. The van der Waals surface area contributed by atoms with Gasteiger partial charge in [0.25, 0.3) is 0 Å². The second kappa shape index (κ2) is 6.43. The van der Waals surface area contributed by atoms with Crippen LogP contribution in [-0.2, 0) is 16.0 Å². The fourth-order valence-corrected chi connectivity index (χ4v) is 2.96. The van der Waals surface area contributed by atoms with Crippen molar-refractivity contribution in [2.45, 2.75) is 26.2 Å². The first-order valence-corrected chi connectivity index (χ1v) is 7.95. The number of carboxylic acid groups (broad SMARTS) is 1. The van der Waals surface area contributed by atoms with Gasteiger partial charge in [0.1, 0.15) is 12.2 Å². The molecule has 1 fully saturated rings. The lowest BCUT2D eigenvalue weighted by Gasteiger charge is -2.20. The van der Waals surface area contributed by atoms with Gasteiger partial charge >= 0.3 is 5.97 Å². The van der Waals surface area contributed by atoms with Crippen molar-refractivity contribution in [3.05, 3.63) is 42.5 Å². The highest BCUT2D eigenvalue weighted by molar-refractivity contribution is 5.80. The summed E-state index contributed by atoms with van der Waals surface area (Å²) in [5, 5.41) is 17.3. The zero-order valence-electron chi connectivity index (χ0n) is 13.6. The van der Waals surface area contributed by atoms with Gasteiger partial charge in [-0.3, -0.25) is 14.2 Å². The molecule has 126 valence electrons. The van der Waals surface area contributed by atoms with Crippen LogP contribution >= 0.6 is 0 Å². The van der Waals surface area contributed by atoms with Gasteiger partial charge in [-0.1, -0.05) is 18.2 Å². The SMILES string of the molecule is C[C@@]1(C(=O)O)CCN(C(=O)CCc2nncn2-c2ccccc2)C1. The van der Waals surface area contributed by atoms with E-state index in [1.165, 1.54) is 0 Å². The Bertz CT molecular complexity index is 743. The number of hydrogen-bond acceptors (Lipinski definition) is 4. The zero-order valence-corrected chi connectivity index (χ0v) is 13.6. The lowest BCUT2D eigenvalue weighted by Crippen LogP contribution is -2.35. The van der Waals surface area contributed by atoms with Crippen LogP contribution in [0.15, 0.2) is 36.7 Å². The van der Waals surface area contributed by atoms with Crippen LogP contribution in [0.5, 0.6) is 0 Å². The molecular weight excluding hydrogens is 308 g/mol. The molecule has 7 heteroatoms. The van der Waals surface area contributed by atoms with Crippen molar-refractivity contribution in [1.82, 2.24) is 19.7 Å². The van der Waals surface area contributed by atoms with E-state index in [0.717, 1.165) is 11.5 Å². The summed E-state index contributed by atoms with van der Waals surface area (Å²) < 4.78 is 1.86. The molecule has 1 aromatic heterocycles. The maximum Gasteiger partial charge on any atom is 0.311 e. The van der Waals surface area contributed by atoms with Crippen molar-refractivity contribution >= 4 is 11.9 Å². The Morgan fingerprint density at radius 3 is 2.71 bits per heavy atom. The molecule has 1 amide bonds. The van der Waals surface area contributed by atoms with Crippen LogP contribution in [0.3, 0.4) is 0 Å². The van der Waals surface area contributed by atoms with Crippen molar-refractivity contribution in [1.29, 1.82) is 0 Å². The van der Waals surface area contributed by atoms with Crippen molar-refractivity contribution < 1.29 is 14.7 Å². The maximum atomic E-state index is 12.4. The second-order valence-electron chi connectivity index (χ2n) is 6.38. The van der Waals surface area contributed by atoms with Gasteiger partial charge in [-0.25, -0.2) is 0 Å². The third-order valence-corrected chi connectivity index (χ3v) is 4.56. The average Bonchev–Trinajstić information content (AvgIpc) is 3.21. The normalized spacial score (nSPS) is 20.3. The molecular formula is C17H20N4O3. The number of aliphatic carboxylic acids is 1. The number of carbonyl (C=O) groups excluding carboxylic acids is 1. The molecule has 24 heavy (non-hydrogen) atoms. The molecule has 1 aliphatic heterocycles. The smallest absolute Gasteiger partial charge is 0.311 e. The number of benzene rings is 1. The van der Waals surface area contributed by atoms with E-state index in [2.05, 4.69) is 10.2 Å². The molecule has 0 unspecified atom stereocenters. The molecule has 1 aromatic carbocycles. The Labute approximate surface area is 139 Å². The lowest BCUT2D eigenvalue weighted by molar-refractivity contribution is -0.147. The molecule has 0 bridgehead atoms. The number of hydrogen-bond donors (Lipinski definition) is 1. The van der Waals surface area contributed by atoms with E-state index < -0.39 is 11.4 Å². The van der Waals surface area contributed by atoms with Crippen LogP contribution in [0.4, 0.5) is 0 Å². The first-order chi connectivity index (χ1) is 11.5. The predicted octanol–water partition coefficient (Wildman–Crippen LogP) is 1.52. The fourth-order valence-electron chi connectivity index (χ4n) is 2.96. The van der Waals surface area contributed by atoms with Crippen molar-refractivity contribution in [2.75, 3.05) is 13.1 Å². The first-order valence-electron chi connectivity index (χ1n) is 7.95. The molecule has 1 atom stereocenters. The van der Waals surface area contributed by atoms with Crippen molar-refractivity contribution in [3.8, 4) is 5.69 Å². The van der Waals surface area contributed by atoms with Gasteiger partial charge in [0.2, 0.25) is 5.91 Å². The van der Waals surface area contributed by atoms with Gasteiger partial charge in [-0.2, -0.15) is 0 Å². The van der Waals surface area contributed by atoms with E-state index in [-0.39, 0.29) is 12.5 Å². The summed E-state index contributed by atoms with van der Waals surface area (Å²) in [6.45, 7) is 2.45. The molecule has 0 spiro atoms. The van der Waals surface area contributed by atoms with Gasteiger partial charge in [0, 0.05) is 31.6 Å². The highest BCUT2D eigenvalue weighted by Gasteiger charge is 2.41. The molecule has 0 saturated carbocycles. The van der Waals surface area contributed by atoms with E-state index in [9.17, 15) is 14.7 Å². The zero-order chi connectivity index (χ0) is 17.2. The van der Waals surface area contributed by atoms with Crippen LogP contribution < -0.4 is 0 Å². The van der Waals surface area contributed by atoms with Crippen LogP contribution in [-0.4, -0.2) is 49.7 Å². The maximum absolute atomic E-state index is 12.4. The number of likely N-dealkylation sites (tertiary alicyclic amines) is 1. The molecule has 2 heterocycles. The van der Waals surface area contributed by atoms with E-state index in [1.54, 1.807) is 18.2 Å². The Morgan fingerprint density at radius 2 is 2.04 bits per heavy atom. The van der Waals surface area contributed by atoms with Gasteiger partial charge in [-0.05, 0) is 25.5 Å².